The van der Waals surface area contributed by atoms with Crippen LogP contribution in [0.5, 0.6) is 0 Å². The lowest BCUT2D eigenvalue weighted by Gasteiger charge is -2.43. The maximum atomic E-state index is 12.7. The molecule has 1 aromatic rings. The van der Waals surface area contributed by atoms with Crippen LogP contribution in [0.25, 0.3) is 0 Å². The van der Waals surface area contributed by atoms with Gasteiger partial charge in [-0.05, 0) is 62.2 Å². The van der Waals surface area contributed by atoms with Crippen LogP contribution in [-0.4, -0.2) is 30.4 Å². The molecule has 2 saturated carbocycles. The zero-order chi connectivity index (χ0) is 17.8. The number of nitrogens with zero attached hydrogens (tertiary/aromatic N) is 1. The van der Waals surface area contributed by atoms with Crippen molar-refractivity contribution < 1.29 is 4.79 Å². The van der Waals surface area contributed by atoms with E-state index in [9.17, 15) is 4.79 Å². The second kappa shape index (κ2) is 8.33. The highest BCUT2D eigenvalue weighted by molar-refractivity contribution is 5.78. The van der Waals surface area contributed by atoms with Gasteiger partial charge in [-0.3, -0.25) is 4.79 Å². The van der Waals surface area contributed by atoms with Gasteiger partial charge in [-0.1, -0.05) is 37.6 Å². The van der Waals surface area contributed by atoms with Crippen LogP contribution in [0.3, 0.4) is 0 Å². The van der Waals surface area contributed by atoms with E-state index < -0.39 is 0 Å². The Morgan fingerprint density at radius 2 is 1.92 bits per heavy atom. The number of nitrogens with one attached hydrogen (secondary N) is 1. The van der Waals surface area contributed by atoms with Gasteiger partial charge in [0.2, 0.25) is 5.91 Å². The average molecular weight is 344 g/mol. The lowest BCUT2D eigenvalue weighted by atomic mass is 9.65. The lowest BCUT2D eigenvalue weighted by molar-refractivity contribution is -0.128. The van der Waals surface area contributed by atoms with Crippen molar-refractivity contribution in [1.29, 1.82) is 0 Å². The summed E-state index contributed by atoms with van der Waals surface area (Å²) < 4.78 is 0. The predicted octanol–water partition coefficient (Wildman–Crippen LogP) is 2.91. The van der Waals surface area contributed by atoms with Crippen molar-refractivity contribution in [3.05, 3.63) is 35.4 Å². The SMILES string of the molecule is CCN(C)Cc1cccc(CNC(=O)C2CC3CCCC(C2)C3N)c1. The minimum atomic E-state index is 0.157. The smallest absolute Gasteiger partial charge is 0.223 e. The first-order valence-corrected chi connectivity index (χ1v) is 9.86. The molecule has 0 heterocycles. The third-order valence-electron chi connectivity index (χ3n) is 6.23. The molecule has 1 aromatic carbocycles. The number of carbonyl (C=O) groups is 1. The normalized spacial score (nSPS) is 28.8. The molecule has 0 aliphatic heterocycles. The Morgan fingerprint density at radius 1 is 1.24 bits per heavy atom. The first-order valence-electron chi connectivity index (χ1n) is 9.86. The first-order chi connectivity index (χ1) is 12.1. The largest absolute Gasteiger partial charge is 0.352 e. The monoisotopic (exact) mass is 343 g/mol. The van der Waals surface area contributed by atoms with Gasteiger partial charge in [-0.15, -0.1) is 0 Å². The van der Waals surface area contributed by atoms with Gasteiger partial charge in [-0.2, -0.15) is 0 Å². The molecule has 2 fully saturated rings. The van der Waals surface area contributed by atoms with E-state index in [-0.39, 0.29) is 11.8 Å². The molecule has 138 valence electrons. The number of nitrogens with two attached hydrogens (primary N) is 1. The zero-order valence-corrected chi connectivity index (χ0v) is 15.7. The molecule has 0 saturated heterocycles. The van der Waals surface area contributed by atoms with E-state index >= 15 is 0 Å². The highest BCUT2D eigenvalue weighted by Gasteiger charge is 2.40. The molecule has 3 rings (SSSR count). The quantitative estimate of drug-likeness (QED) is 0.835. The highest BCUT2D eigenvalue weighted by atomic mass is 16.1. The van der Waals surface area contributed by atoms with Gasteiger partial charge in [-0.25, -0.2) is 0 Å². The summed E-state index contributed by atoms with van der Waals surface area (Å²) in [6.45, 7) is 4.77. The summed E-state index contributed by atoms with van der Waals surface area (Å²) in [6, 6.07) is 8.87. The average Bonchev–Trinajstić information content (AvgIpc) is 2.59. The summed E-state index contributed by atoms with van der Waals surface area (Å²) in [7, 11) is 2.12. The van der Waals surface area contributed by atoms with Crippen LogP contribution in [0.1, 0.15) is 50.2 Å². The fourth-order valence-corrected chi connectivity index (χ4v) is 4.60. The second-order valence-corrected chi connectivity index (χ2v) is 8.06. The summed E-state index contributed by atoms with van der Waals surface area (Å²) in [4.78, 5) is 14.9. The van der Waals surface area contributed by atoms with Gasteiger partial charge in [0.1, 0.15) is 0 Å². The number of amides is 1. The maximum absolute atomic E-state index is 12.7. The molecule has 4 nitrogen and oxygen atoms in total. The Kier molecular flexibility index (Phi) is 6.13. The molecule has 25 heavy (non-hydrogen) atoms. The molecule has 0 aromatic heterocycles. The van der Waals surface area contributed by atoms with Gasteiger partial charge in [0.25, 0.3) is 0 Å². The minimum Gasteiger partial charge on any atom is -0.352 e. The van der Waals surface area contributed by atoms with Crippen molar-refractivity contribution in [2.75, 3.05) is 13.6 Å². The predicted molar refractivity (Wildman–Crippen MR) is 102 cm³/mol. The van der Waals surface area contributed by atoms with Crippen LogP contribution in [0.2, 0.25) is 0 Å². The molecule has 4 heteroatoms. The number of hydrogen-bond donors (Lipinski definition) is 2. The van der Waals surface area contributed by atoms with Crippen molar-refractivity contribution in [1.82, 2.24) is 10.2 Å². The lowest BCUT2D eigenvalue weighted by Crippen LogP contribution is -2.49. The highest BCUT2D eigenvalue weighted by Crippen LogP contribution is 2.41. The molecule has 2 bridgehead atoms. The zero-order valence-electron chi connectivity index (χ0n) is 15.7. The summed E-state index contributed by atoms with van der Waals surface area (Å²) >= 11 is 0. The molecule has 2 aliphatic rings. The first kappa shape index (κ1) is 18.4. The standard InChI is InChI=1S/C21H33N3O/c1-3-24(2)14-16-7-4-6-15(10-16)13-23-21(25)19-11-17-8-5-9-18(12-19)20(17)22/h4,6-7,10,17-20H,3,5,8-9,11-14,22H2,1-2H3,(H,23,25). The van der Waals surface area contributed by atoms with E-state index in [1.807, 2.05) is 0 Å². The Labute approximate surface area is 152 Å². The van der Waals surface area contributed by atoms with Crippen LogP contribution in [0, 0.1) is 17.8 Å². The molecular formula is C21H33N3O. The molecule has 3 N–H and O–H groups in total. The van der Waals surface area contributed by atoms with E-state index in [0.29, 0.717) is 24.4 Å². The van der Waals surface area contributed by atoms with E-state index in [1.165, 1.54) is 30.4 Å². The third kappa shape index (κ3) is 4.62. The number of benzene rings is 1. The van der Waals surface area contributed by atoms with Crippen molar-refractivity contribution in [3.63, 3.8) is 0 Å². The number of fused-ring (bicyclic) bond motifs is 2. The van der Waals surface area contributed by atoms with Gasteiger partial charge in [0.15, 0.2) is 0 Å². The van der Waals surface area contributed by atoms with Crippen LogP contribution >= 0.6 is 0 Å². The Hall–Kier alpha value is -1.39. The Bertz CT molecular complexity index is 574. The van der Waals surface area contributed by atoms with Crippen molar-refractivity contribution in [2.24, 2.45) is 23.5 Å². The molecule has 0 spiro atoms. The molecule has 1 amide bonds. The number of carbonyl (C=O) groups excluding carboxylic acids is 1. The fraction of sp³-hybridized carbons (Fsp3) is 0.667. The van der Waals surface area contributed by atoms with Gasteiger partial charge in [0, 0.05) is 25.0 Å². The summed E-state index contributed by atoms with van der Waals surface area (Å²) in [5, 5.41) is 3.17. The maximum Gasteiger partial charge on any atom is 0.223 e. The molecule has 2 unspecified atom stereocenters. The summed E-state index contributed by atoms with van der Waals surface area (Å²) in [5.41, 5.74) is 8.83. The van der Waals surface area contributed by atoms with Gasteiger partial charge in [0.05, 0.1) is 0 Å². The van der Waals surface area contributed by atoms with Crippen molar-refractivity contribution >= 4 is 5.91 Å². The van der Waals surface area contributed by atoms with E-state index in [2.05, 4.69) is 48.5 Å². The van der Waals surface area contributed by atoms with Crippen LogP contribution in [0.4, 0.5) is 0 Å². The van der Waals surface area contributed by atoms with Crippen LogP contribution < -0.4 is 11.1 Å². The summed E-state index contributed by atoms with van der Waals surface area (Å²) in [5.74, 6) is 1.48. The third-order valence-corrected chi connectivity index (χ3v) is 6.23. The van der Waals surface area contributed by atoms with Crippen LogP contribution in [-0.2, 0) is 17.9 Å². The molecule has 2 atom stereocenters. The van der Waals surface area contributed by atoms with E-state index in [1.54, 1.807) is 0 Å². The second-order valence-electron chi connectivity index (χ2n) is 8.06. The van der Waals surface area contributed by atoms with E-state index in [4.69, 9.17) is 5.73 Å². The van der Waals surface area contributed by atoms with Crippen LogP contribution in [0.15, 0.2) is 24.3 Å². The summed E-state index contributed by atoms with van der Waals surface area (Å²) in [6.07, 6.45) is 5.65. The molecule has 0 radical (unpaired) electrons. The fourth-order valence-electron chi connectivity index (χ4n) is 4.60. The molecule has 2 aliphatic carbocycles. The minimum absolute atomic E-state index is 0.157. The topological polar surface area (TPSA) is 58.4 Å². The Morgan fingerprint density at radius 3 is 2.60 bits per heavy atom. The van der Waals surface area contributed by atoms with Crippen molar-refractivity contribution in [2.45, 2.75) is 58.2 Å². The molecular weight excluding hydrogens is 310 g/mol. The van der Waals surface area contributed by atoms with Gasteiger partial charge < -0.3 is 16.0 Å². The van der Waals surface area contributed by atoms with Crippen molar-refractivity contribution in [3.8, 4) is 0 Å². The number of rotatable bonds is 6. The Balaban J connectivity index is 1.53. The van der Waals surface area contributed by atoms with E-state index in [0.717, 1.165) is 25.9 Å². The van der Waals surface area contributed by atoms with Gasteiger partial charge >= 0.3 is 0 Å². The number of hydrogen-bond acceptors (Lipinski definition) is 3.